The van der Waals surface area contributed by atoms with Crippen LogP contribution in [0.4, 0.5) is 0 Å². The minimum atomic E-state index is -0.986. The molecule has 7 heteroatoms. The van der Waals surface area contributed by atoms with Gasteiger partial charge in [-0.15, -0.1) is 11.3 Å². The van der Waals surface area contributed by atoms with Crippen molar-refractivity contribution in [3.8, 4) is 5.75 Å². The largest absolute Gasteiger partial charge is 0.497 e. The SMILES string of the molecule is COc1ccc(CN2C(=O)c3cc4sccc4n3C[C@]2(C)C(=O)NC2CCCCCCC2)cc1. The summed E-state index contributed by atoms with van der Waals surface area (Å²) in [4.78, 5) is 29.5. The molecular weight excluding hydrogens is 446 g/mol. The molecular formula is C27H33N3O3S. The molecule has 2 aliphatic rings. The van der Waals surface area contributed by atoms with Crippen LogP contribution in [0.2, 0.25) is 0 Å². The van der Waals surface area contributed by atoms with E-state index in [4.69, 9.17) is 4.74 Å². The average molecular weight is 480 g/mol. The van der Waals surface area contributed by atoms with Crippen molar-refractivity contribution < 1.29 is 14.3 Å². The first-order valence-corrected chi connectivity index (χ1v) is 13.2. The van der Waals surface area contributed by atoms with Crippen LogP contribution in [0.1, 0.15) is 67.9 Å². The number of amides is 2. The number of carbonyl (C=O) groups is 2. The molecule has 1 fully saturated rings. The molecule has 5 rings (SSSR count). The van der Waals surface area contributed by atoms with Crippen molar-refractivity contribution in [3.63, 3.8) is 0 Å². The normalized spacial score (nSPS) is 21.7. The third-order valence-electron chi connectivity index (χ3n) is 7.48. The third kappa shape index (κ3) is 4.22. The molecule has 0 radical (unpaired) electrons. The van der Waals surface area contributed by atoms with E-state index in [0.717, 1.165) is 47.2 Å². The van der Waals surface area contributed by atoms with E-state index in [1.807, 2.05) is 53.3 Å². The Labute approximate surface area is 204 Å². The number of ether oxygens (including phenoxy) is 1. The van der Waals surface area contributed by atoms with Crippen LogP contribution >= 0.6 is 11.3 Å². The molecule has 6 nitrogen and oxygen atoms in total. The van der Waals surface area contributed by atoms with Crippen molar-refractivity contribution in [1.29, 1.82) is 0 Å². The number of hydrogen-bond acceptors (Lipinski definition) is 4. The zero-order valence-corrected chi connectivity index (χ0v) is 20.8. The molecule has 1 aromatic carbocycles. The van der Waals surface area contributed by atoms with Gasteiger partial charge in [-0.2, -0.15) is 0 Å². The van der Waals surface area contributed by atoms with Crippen LogP contribution in [-0.2, 0) is 17.9 Å². The summed E-state index contributed by atoms with van der Waals surface area (Å²) in [6, 6.07) is 11.9. The first-order valence-electron chi connectivity index (χ1n) is 12.3. The van der Waals surface area contributed by atoms with Crippen LogP contribution in [0.3, 0.4) is 0 Å². The number of nitrogens with zero attached hydrogens (tertiary/aromatic N) is 2. The third-order valence-corrected chi connectivity index (χ3v) is 8.33. The Morgan fingerprint density at radius 3 is 2.53 bits per heavy atom. The molecule has 0 spiro atoms. The van der Waals surface area contributed by atoms with E-state index < -0.39 is 5.54 Å². The summed E-state index contributed by atoms with van der Waals surface area (Å²) < 4.78 is 8.41. The highest BCUT2D eigenvalue weighted by molar-refractivity contribution is 7.17. The summed E-state index contributed by atoms with van der Waals surface area (Å²) in [6.07, 6.45) is 8.06. The maximum Gasteiger partial charge on any atom is 0.271 e. The summed E-state index contributed by atoms with van der Waals surface area (Å²) >= 11 is 1.63. The van der Waals surface area contributed by atoms with Gasteiger partial charge in [-0.3, -0.25) is 9.59 Å². The summed E-state index contributed by atoms with van der Waals surface area (Å²) in [5, 5.41) is 5.39. The Morgan fingerprint density at radius 1 is 1.12 bits per heavy atom. The Bertz CT molecular complexity index is 1170. The zero-order chi connectivity index (χ0) is 23.7. The van der Waals surface area contributed by atoms with Gasteiger partial charge < -0.3 is 19.5 Å². The Kier molecular flexibility index (Phi) is 6.38. The second-order valence-electron chi connectivity index (χ2n) is 9.81. The molecule has 180 valence electrons. The van der Waals surface area contributed by atoms with E-state index in [1.165, 1.54) is 19.3 Å². The molecule has 1 N–H and O–H groups in total. The van der Waals surface area contributed by atoms with E-state index in [1.54, 1.807) is 23.3 Å². The molecule has 1 atom stereocenters. The molecule has 1 aliphatic carbocycles. The molecule has 0 saturated heterocycles. The maximum atomic E-state index is 13.9. The number of hydrogen-bond donors (Lipinski definition) is 1. The van der Waals surface area contributed by atoms with Crippen LogP contribution in [0.5, 0.6) is 5.75 Å². The standard InChI is InChI=1S/C27H33N3O3S/c1-27(26(32)28-20-8-6-4-3-5-7-9-20)18-29-22-14-15-34-24(22)16-23(29)25(31)30(27)17-19-10-12-21(33-2)13-11-19/h10-16,20H,3-9,17-18H2,1-2H3,(H,28,32)/t27-/m1/s1. The van der Waals surface area contributed by atoms with Gasteiger partial charge >= 0.3 is 0 Å². The van der Waals surface area contributed by atoms with Crippen LogP contribution in [0, 0.1) is 0 Å². The van der Waals surface area contributed by atoms with Gasteiger partial charge in [0.2, 0.25) is 5.91 Å². The number of thiophene rings is 1. The lowest BCUT2D eigenvalue weighted by molar-refractivity contribution is -0.134. The number of carbonyl (C=O) groups excluding carboxylic acids is 2. The predicted molar refractivity (Wildman–Crippen MR) is 135 cm³/mol. The molecule has 3 heterocycles. The van der Waals surface area contributed by atoms with Gasteiger partial charge in [0.15, 0.2) is 0 Å². The lowest BCUT2D eigenvalue weighted by Crippen LogP contribution is -2.64. The Hall–Kier alpha value is -2.80. The van der Waals surface area contributed by atoms with Gasteiger partial charge in [0.1, 0.15) is 17.0 Å². The lowest BCUT2D eigenvalue weighted by atomic mass is 9.91. The second kappa shape index (κ2) is 9.45. The molecule has 3 aromatic rings. The van der Waals surface area contributed by atoms with Gasteiger partial charge in [-0.25, -0.2) is 0 Å². The van der Waals surface area contributed by atoms with E-state index in [9.17, 15) is 9.59 Å². The van der Waals surface area contributed by atoms with Crippen LogP contribution in [0.25, 0.3) is 10.2 Å². The van der Waals surface area contributed by atoms with Crippen molar-refractivity contribution >= 4 is 33.4 Å². The average Bonchev–Trinajstić information content (AvgIpc) is 3.41. The highest BCUT2D eigenvalue weighted by Crippen LogP contribution is 2.35. The summed E-state index contributed by atoms with van der Waals surface area (Å²) in [5.74, 6) is 0.621. The fraction of sp³-hybridized carbons (Fsp3) is 0.481. The maximum absolute atomic E-state index is 13.9. The summed E-state index contributed by atoms with van der Waals surface area (Å²) in [7, 11) is 1.64. The van der Waals surface area contributed by atoms with Crippen molar-refractivity contribution in [3.05, 3.63) is 53.0 Å². The highest BCUT2D eigenvalue weighted by atomic mass is 32.1. The molecule has 2 amide bonds. The molecule has 0 bridgehead atoms. The number of benzene rings is 1. The molecule has 1 saturated carbocycles. The Morgan fingerprint density at radius 2 is 1.82 bits per heavy atom. The first kappa shape index (κ1) is 23.0. The smallest absolute Gasteiger partial charge is 0.271 e. The second-order valence-corrected chi connectivity index (χ2v) is 10.8. The molecule has 0 unspecified atom stereocenters. The van der Waals surface area contributed by atoms with E-state index >= 15 is 0 Å². The van der Waals surface area contributed by atoms with Gasteiger partial charge in [0.05, 0.1) is 23.9 Å². The van der Waals surface area contributed by atoms with E-state index in [0.29, 0.717) is 18.8 Å². The monoisotopic (exact) mass is 479 g/mol. The minimum absolute atomic E-state index is 0.0531. The highest BCUT2D eigenvalue weighted by Gasteiger charge is 2.48. The topological polar surface area (TPSA) is 63.6 Å². The zero-order valence-electron chi connectivity index (χ0n) is 20.0. The number of methoxy groups -OCH3 is 1. The van der Waals surface area contributed by atoms with E-state index in [-0.39, 0.29) is 17.9 Å². The molecule has 1 aliphatic heterocycles. The van der Waals surface area contributed by atoms with Gasteiger partial charge in [0, 0.05) is 12.6 Å². The Balaban J connectivity index is 1.48. The van der Waals surface area contributed by atoms with Crippen LogP contribution in [-0.4, -0.2) is 40.0 Å². The van der Waals surface area contributed by atoms with Crippen molar-refractivity contribution in [1.82, 2.24) is 14.8 Å². The van der Waals surface area contributed by atoms with Crippen LogP contribution in [0.15, 0.2) is 41.8 Å². The summed E-state index contributed by atoms with van der Waals surface area (Å²) in [5.41, 5.74) is 1.68. The minimum Gasteiger partial charge on any atom is -0.497 e. The summed E-state index contributed by atoms with van der Waals surface area (Å²) in [6.45, 7) is 2.74. The quantitative estimate of drug-likeness (QED) is 0.536. The van der Waals surface area contributed by atoms with Gasteiger partial charge in [0.25, 0.3) is 5.91 Å². The van der Waals surface area contributed by atoms with Crippen molar-refractivity contribution in [2.75, 3.05) is 7.11 Å². The fourth-order valence-electron chi connectivity index (χ4n) is 5.38. The molecule has 2 aromatic heterocycles. The lowest BCUT2D eigenvalue weighted by Gasteiger charge is -2.44. The molecule has 34 heavy (non-hydrogen) atoms. The van der Waals surface area contributed by atoms with Gasteiger partial charge in [-0.05, 0) is 55.0 Å². The number of rotatable bonds is 5. The fourth-order valence-corrected chi connectivity index (χ4v) is 6.20. The number of nitrogens with one attached hydrogen (secondary N) is 1. The van der Waals surface area contributed by atoms with Crippen LogP contribution < -0.4 is 10.1 Å². The van der Waals surface area contributed by atoms with Crippen molar-refractivity contribution in [2.45, 2.75) is 76.5 Å². The van der Waals surface area contributed by atoms with E-state index in [2.05, 4.69) is 5.32 Å². The predicted octanol–water partition coefficient (Wildman–Crippen LogP) is 5.36. The number of fused-ring (bicyclic) bond motifs is 3. The number of aromatic nitrogens is 1. The van der Waals surface area contributed by atoms with Crippen molar-refractivity contribution in [2.24, 2.45) is 0 Å². The first-order chi connectivity index (χ1) is 16.5. The van der Waals surface area contributed by atoms with Gasteiger partial charge in [-0.1, -0.05) is 44.2 Å².